The minimum atomic E-state index is -1.00. The number of nitriles is 1. The van der Waals surface area contributed by atoms with Crippen LogP contribution in [0.15, 0.2) is 66.9 Å². The summed E-state index contributed by atoms with van der Waals surface area (Å²) >= 11 is 0. The summed E-state index contributed by atoms with van der Waals surface area (Å²) in [4.78, 5) is 71.5. The van der Waals surface area contributed by atoms with Gasteiger partial charge in [-0.2, -0.15) is 5.26 Å². The molecule has 2 N–H and O–H groups in total. The Labute approximate surface area is 347 Å². The Balaban J connectivity index is 0.715. The second-order valence-corrected chi connectivity index (χ2v) is 17.4. The first kappa shape index (κ1) is 39.1. The molecule has 1 aromatic heterocycles. The Morgan fingerprint density at radius 1 is 1.00 bits per heavy atom. The molecule has 3 aliphatic heterocycles. The lowest BCUT2D eigenvalue weighted by Crippen LogP contribution is -2.78. The fourth-order valence-electron chi connectivity index (χ4n) is 10.1. The normalized spacial score (nSPS) is 25.9. The molecule has 308 valence electrons. The average Bonchev–Trinajstić information content (AvgIpc) is 3.46. The number of unbranched alkanes of at least 4 members (excludes halogenated alkanes) is 1. The van der Waals surface area contributed by atoms with Crippen molar-refractivity contribution in [2.45, 2.75) is 95.0 Å². The molecule has 14 nitrogen and oxygen atoms in total. The van der Waals surface area contributed by atoms with Crippen LogP contribution >= 0.6 is 0 Å². The standard InChI is InChI=1S/C46H46N6O8/c1-45(2)43(46(3)33-17-18-48-38-26(24-47)9-15-35(37(33)38)60-44(45)46)50-39(54)25-7-10-28(11-8-25)58-20-6-5-19-51(4)27-21-30(22-27)59-29-12-13-31-32(23-29)42(57)52(41(31)56)34-14-16-36(53)49-40(34)55/h7-13,15,17-18,23,27,30,34,43-44H,5-6,14,16,19-22H2,1-4H3,(H,50,54)(H,49,53,55)/t27?,30?,34?,43?,44-,46?/m0/s1. The first-order valence-corrected chi connectivity index (χ1v) is 20.5. The van der Waals surface area contributed by atoms with Gasteiger partial charge in [0.25, 0.3) is 17.7 Å². The van der Waals surface area contributed by atoms with E-state index in [1.54, 1.807) is 42.6 Å². The number of piperidine rings is 1. The fraction of sp³-hybridized carbons (Fsp3) is 0.413. The van der Waals surface area contributed by atoms with Crippen LogP contribution in [0.5, 0.6) is 17.2 Å². The molecule has 3 aromatic carbocycles. The summed E-state index contributed by atoms with van der Waals surface area (Å²) in [6.45, 7) is 7.77. The molecule has 4 heterocycles. The third-order valence-electron chi connectivity index (χ3n) is 13.3. The van der Waals surface area contributed by atoms with Crippen LogP contribution in [0.4, 0.5) is 0 Å². The van der Waals surface area contributed by atoms with Gasteiger partial charge in [-0.05, 0) is 106 Å². The number of aromatic nitrogens is 1. The van der Waals surface area contributed by atoms with Crippen molar-refractivity contribution in [3.05, 3.63) is 94.7 Å². The molecule has 4 atom stereocenters. The zero-order valence-electron chi connectivity index (χ0n) is 33.9. The number of carbonyl (C=O) groups is 5. The van der Waals surface area contributed by atoms with E-state index in [1.165, 1.54) is 0 Å². The summed E-state index contributed by atoms with van der Waals surface area (Å²) in [7, 11) is 2.10. The maximum absolute atomic E-state index is 13.6. The molecule has 0 bridgehead atoms. The van der Waals surface area contributed by atoms with Crippen molar-refractivity contribution in [2.24, 2.45) is 5.41 Å². The lowest BCUT2D eigenvalue weighted by molar-refractivity contribution is -0.136. The second kappa shape index (κ2) is 14.7. The second-order valence-electron chi connectivity index (χ2n) is 17.4. The van der Waals surface area contributed by atoms with Crippen molar-refractivity contribution in [1.29, 1.82) is 5.26 Å². The number of ether oxygens (including phenoxy) is 3. The van der Waals surface area contributed by atoms with E-state index in [-0.39, 0.29) is 53.5 Å². The van der Waals surface area contributed by atoms with Gasteiger partial charge in [-0.15, -0.1) is 0 Å². The fourth-order valence-corrected chi connectivity index (χ4v) is 10.1. The monoisotopic (exact) mass is 810 g/mol. The molecule has 5 amide bonds. The van der Waals surface area contributed by atoms with Crippen molar-refractivity contribution in [3.63, 3.8) is 0 Å². The lowest BCUT2D eigenvalue weighted by atomic mass is 9.45. The maximum Gasteiger partial charge on any atom is 0.262 e. The van der Waals surface area contributed by atoms with Gasteiger partial charge in [-0.25, -0.2) is 0 Å². The predicted octanol–water partition coefficient (Wildman–Crippen LogP) is 5.07. The quantitative estimate of drug-likeness (QED) is 0.144. The van der Waals surface area contributed by atoms with Crippen LogP contribution in [0.2, 0.25) is 0 Å². The molecule has 60 heavy (non-hydrogen) atoms. The molecular formula is C46H46N6O8. The van der Waals surface area contributed by atoms with Gasteiger partial charge in [0.2, 0.25) is 11.8 Å². The number of rotatable bonds is 12. The summed E-state index contributed by atoms with van der Waals surface area (Å²) < 4.78 is 18.7. The molecule has 4 aromatic rings. The molecule has 0 radical (unpaired) electrons. The molecular weight excluding hydrogens is 765 g/mol. The summed E-state index contributed by atoms with van der Waals surface area (Å²) in [5.74, 6) is -0.404. The summed E-state index contributed by atoms with van der Waals surface area (Å²) in [6.07, 6.45) is 5.17. The van der Waals surface area contributed by atoms with Crippen molar-refractivity contribution >= 4 is 40.4 Å². The molecule has 3 unspecified atom stereocenters. The van der Waals surface area contributed by atoms with E-state index < -0.39 is 35.1 Å². The largest absolute Gasteiger partial charge is 0.494 e. The van der Waals surface area contributed by atoms with Gasteiger partial charge < -0.3 is 24.4 Å². The maximum atomic E-state index is 13.6. The number of carbonyl (C=O) groups excluding carboxylic acids is 5. The molecule has 5 aliphatic rings. The SMILES string of the molecule is CN(CCCCOc1ccc(C(=O)NC2C(C)(C)[C@@H]3Oc4ccc(C#N)c5nccc(c45)C23C)cc1)C1CC(Oc2ccc3c(c2)C(=O)N(C2CCC(=O)NC2=O)C3=O)C1. The van der Waals surface area contributed by atoms with Crippen molar-refractivity contribution in [1.82, 2.24) is 25.4 Å². The molecule has 1 saturated heterocycles. The van der Waals surface area contributed by atoms with Crippen molar-refractivity contribution < 1.29 is 38.2 Å². The summed E-state index contributed by atoms with van der Waals surface area (Å²) in [6, 6.07) is 19.0. The van der Waals surface area contributed by atoms with Gasteiger partial charge in [-0.1, -0.05) is 13.8 Å². The average molecular weight is 811 g/mol. The number of hydrogen-bond donors (Lipinski definition) is 2. The topological polar surface area (TPSA) is 180 Å². The molecule has 0 spiro atoms. The Morgan fingerprint density at radius 2 is 1.75 bits per heavy atom. The van der Waals surface area contributed by atoms with E-state index in [9.17, 15) is 29.2 Å². The van der Waals surface area contributed by atoms with Crippen molar-refractivity contribution in [3.8, 4) is 23.3 Å². The van der Waals surface area contributed by atoms with Crippen LogP contribution in [-0.4, -0.2) is 94.9 Å². The third kappa shape index (κ3) is 6.34. The summed E-state index contributed by atoms with van der Waals surface area (Å²) in [5.41, 5.74) is 2.21. The number of nitrogens with zero attached hydrogens (tertiary/aromatic N) is 4. The van der Waals surface area contributed by atoms with Crippen molar-refractivity contribution in [2.75, 3.05) is 20.2 Å². The smallest absolute Gasteiger partial charge is 0.262 e. The third-order valence-corrected chi connectivity index (χ3v) is 13.3. The van der Waals surface area contributed by atoms with Crippen LogP contribution in [0.1, 0.15) is 101 Å². The number of nitrogens with one attached hydrogen (secondary N) is 2. The van der Waals surface area contributed by atoms with Gasteiger partial charge in [-0.3, -0.25) is 39.2 Å². The van der Waals surface area contributed by atoms with Gasteiger partial charge >= 0.3 is 0 Å². The molecule has 3 fully saturated rings. The predicted molar refractivity (Wildman–Crippen MR) is 218 cm³/mol. The Bertz CT molecular complexity index is 2510. The van der Waals surface area contributed by atoms with Crippen LogP contribution < -0.4 is 24.8 Å². The number of fused-ring (bicyclic) bond motifs is 3. The molecule has 2 saturated carbocycles. The molecule has 9 rings (SSSR count). The zero-order chi connectivity index (χ0) is 42.1. The highest BCUT2D eigenvalue weighted by Gasteiger charge is 2.69. The van der Waals surface area contributed by atoms with Gasteiger partial charge in [0.1, 0.15) is 41.6 Å². The minimum absolute atomic E-state index is 0.0209. The van der Waals surface area contributed by atoms with E-state index in [0.717, 1.165) is 48.1 Å². The Morgan fingerprint density at radius 3 is 2.50 bits per heavy atom. The number of pyridine rings is 1. The number of amides is 5. The minimum Gasteiger partial charge on any atom is -0.494 e. The van der Waals surface area contributed by atoms with E-state index in [1.807, 2.05) is 24.3 Å². The number of benzene rings is 3. The first-order valence-electron chi connectivity index (χ1n) is 20.5. The van der Waals surface area contributed by atoms with Crippen LogP contribution in [-0.2, 0) is 15.0 Å². The van der Waals surface area contributed by atoms with E-state index in [4.69, 9.17) is 14.2 Å². The number of hydrogen-bond acceptors (Lipinski definition) is 11. The molecule has 14 heteroatoms. The van der Waals surface area contributed by atoms with E-state index in [2.05, 4.69) is 54.4 Å². The van der Waals surface area contributed by atoms with Crippen LogP contribution in [0.3, 0.4) is 0 Å². The highest BCUT2D eigenvalue weighted by atomic mass is 16.5. The van der Waals surface area contributed by atoms with E-state index >= 15 is 0 Å². The van der Waals surface area contributed by atoms with Gasteiger partial charge in [0.15, 0.2) is 0 Å². The van der Waals surface area contributed by atoms with Gasteiger partial charge in [0, 0.05) is 47.9 Å². The van der Waals surface area contributed by atoms with Gasteiger partial charge in [0.05, 0.1) is 40.3 Å². The van der Waals surface area contributed by atoms with E-state index in [0.29, 0.717) is 46.5 Å². The first-order chi connectivity index (χ1) is 28.8. The van der Waals surface area contributed by atoms with Crippen LogP contribution in [0.25, 0.3) is 10.9 Å². The van der Waals surface area contributed by atoms with Crippen LogP contribution in [0, 0.1) is 16.7 Å². The Hall–Kier alpha value is -6.33. The highest BCUT2D eigenvalue weighted by Crippen LogP contribution is 2.61. The zero-order valence-corrected chi connectivity index (χ0v) is 33.9. The lowest BCUT2D eigenvalue weighted by Gasteiger charge is -2.66. The molecule has 2 aliphatic carbocycles. The number of imide groups is 2. The summed E-state index contributed by atoms with van der Waals surface area (Å²) in [5, 5.41) is 16.1. The highest BCUT2D eigenvalue weighted by molar-refractivity contribution is 6.23. The Kier molecular flexibility index (Phi) is 9.62.